The molecule has 1 saturated heterocycles. The van der Waals surface area contributed by atoms with E-state index in [1.54, 1.807) is 0 Å². The Labute approximate surface area is 123 Å². The Morgan fingerprint density at radius 1 is 1.35 bits per heavy atom. The highest BCUT2D eigenvalue weighted by atomic mass is 32.2. The highest BCUT2D eigenvalue weighted by molar-refractivity contribution is 7.99. The van der Waals surface area contributed by atoms with Crippen molar-refractivity contribution in [3.8, 4) is 11.4 Å². The van der Waals surface area contributed by atoms with E-state index in [4.69, 9.17) is 4.52 Å². The number of thioether (sulfide) groups is 1. The third kappa shape index (κ3) is 2.60. The lowest BCUT2D eigenvalue weighted by atomic mass is 10.0. The van der Waals surface area contributed by atoms with Gasteiger partial charge in [-0.05, 0) is 56.3 Å². The van der Waals surface area contributed by atoms with Gasteiger partial charge in [0.05, 0.1) is 5.54 Å². The van der Waals surface area contributed by atoms with Crippen LogP contribution in [0.15, 0.2) is 33.7 Å². The third-order valence-electron chi connectivity index (χ3n) is 3.69. The van der Waals surface area contributed by atoms with Crippen LogP contribution in [0, 0.1) is 0 Å². The summed E-state index contributed by atoms with van der Waals surface area (Å²) < 4.78 is 5.45. The summed E-state index contributed by atoms with van der Waals surface area (Å²) in [4.78, 5) is 5.83. The number of hydrogen-bond acceptors (Lipinski definition) is 5. The molecule has 0 spiro atoms. The van der Waals surface area contributed by atoms with Crippen LogP contribution in [0.3, 0.4) is 0 Å². The summed E-state index contributed by atoms with van der Waals surface area (Å²) in [5.74, 6) is 2.44. The normalized spacial score (nSPS) is 22.3. The van der Waals surface area contributed by atoms with Gasteiger partial charge in [-0.15, -0.1) is 11.8 Å². The first-order valence-corrected chi connectivity index (χ1v) is 8.02. The zero-order valence-corrected chi connectivity index (χ0v) is 12.7. The number of rotatable bonds is 4. The summed E-state index contributed by atoms with van der Waals surface area (Å²) in [6.07, 6.45) is 2.19. The molecule has 5 heteroatoms. The molecule has 1 aromatic carbocycles. The van der Waals surface area contributed by atoms with Crippen molar-refractivity contribution >= 4 is 11.8 Å². The number of aromatic nitrogens is 2. The van der Waals surface area contributed by atoms with E-state index in [-0.39, 0.29) is 5.54 Å². The van der Waals surface area contributed by atoms with Crippen LogP contribution in [0.2, 0.25) is 0 Å². The van der Waals surface area contributed by atoms with Crippen LogP contribution in [-0.2, 0) is 5.54 Å². The van der Waals surface area contributed by atoms with Crippen LogP contribution in [0.4, 0.5) is 0 Å². The van der Waals surface area contributed by atoms with Crippen molar-refractivity contribution in [2.24, 2.45) is 0 Å². The second kappa shape index (κ2) is 5.58. The molecule has 1 aromatic heterocycles. The smallest absolute Gasteiger partial charge is 0.246 e. The first kappa shape index (κ1) is 13.6. The SMILES string of the molecule is CCSc1ccc(-c2noc(C3(C)CCCN3)n2)cc1. The molecule has 0 amide bonds. The maximum Gasteiger partial charge on any atom is 0.246 e. The van der Waals surface area contributed by atoms with Gasteiger partial charge in [-0.1, -0.05) is 12.1 Å². The monoisotopic (exact) mass is 289 g/mol. The van der Waals surface area contributed by atoms with Crippen molar-refractivity contribution < 1.29 is 4.52 Å². The fraction of sp³-hybridized carbons (Fsp3) is 0.467. The molecule has 1 aliphatic rings. The molecule has 2 aromatic rings. The van der Waals surface area contributed by atoms with E-state index in [0.717, 1.165) is 30.7 Å². The van der Waals surface area contributed by atoms with E-state index in [9.17, 15) is 0 Å². The molecule has 0 aliphatic carbocycles. The van der Waals surface area contributed by atoms with Crippen molar-refractivity contribution in [3.63, 3.8) is 0 Å². The van der Waals surface area contributed by atoms with Crippen LogP contribution < -0.4 is 5.32 Å². The van der Waals surface area contributed by atoms with E-state index >= 15 is 0 Å². The standard InChI is InChI=1S/C15H19N3OS/c1-3-20-12-7-5-11(6-8-12)13-17-14(19-18-13)15(2)9-4-10-16-15/h5-8,16H,3-4,9-10H2,1-2H3. The Bertz CT molecular complexity index is 573. The molecule has 4 nitrogen and oxygen atoms in total. The fourth-order valence-corrected chi connectivity index (χ4v) is 3.17. The zero-order chi connectivity index (χ0) is 14.0. The number of nitrogens with zero attached hydrogens (tertiary/aromatic N) is 2. The van der Waals surface area contributed by atoms with Gasteiger partial charge in [0.15, 0.2) is 0 Å². The van der Waals surface area contributed by atoms with E-state index in [1.807, 2.05) is 11.8 Å². The highest BCUT2D eigenvalue weighted by Crippen LogP contribution is 2.30. The van der Waals surface area contributed by atoms with Gasteiger partial charge in [-0.2, -0.15) is 4.98 Å². The largest absolute Gasteiger partial charge is 0.337 e. The van der Waals surface area contributed by atoms with E-state index in [1.165, 1.54) is 4.90 Å². The Balaban J connectivity index is 1.82. The molecule has 0 saturated carbocycles. The highest BCUT2D eigenvalue weighted by Gasteiger charge is 2.35. The number of benzene rings is 1. The summed E-state index contributed by atoms with van der Waals surface area (Å²) in [6.45, 7) is 5.29. The zero-order valence-electron chi connectivity index (χ0n) is 11.8. The minimum absolute atomic E-state index is 0.163. The Hall–Kier alpha value is -1.33. The van der Waals surface area contributed by atoms with Crippen molar-refractivity contribution in [1.29, 1.82) is 0 Å². The summed E-state index contributed by atoms with van der Waals surface area (Å²) >= 11 is 1.83. The predicted octanol–water partition coefficient (Wildman–Crippen LogP) is 3.45. The lowest BCUT2D eigenvalue weighted by Crippen LogP contribution is -2.33. The average Bonchev–Trinajstić information content (AvgIpc) is 3.10. The molecule has 106 valence electrons. The van der Waals surface area contributed by atoms with Crippen LogP contribution in [0.5, 0.6) is 0 Å². The molecule has 1 aliphatic heterocycles. The van der Waals surface area contributed by atoms with Gasteiger partial charge in [0.2, 0.25) is 11.7 Å². The van der Waals surface area contributed by atoms with Crippen LogP contribution in [0.25, 0.3) is 11.4 Å². The van der Waals surface area contributed by atoms with Crippen molar-refractivity contribution in [2.45, 2.75) is 37.1 Å². The fourth-order valence-electron chi connectivity index (χ4n) is 2.51. The van der Waals surface area contributed by atoms with Crippen molar-refractivity contribution in [1.82, 2.24) is 15.5 Å². The molecule has 1 atom stereocenters. The first-order chi connectivity index (χ1) is 9.71. The van der Waals surface area contributed by atoms with Gasteiger partial charge < -0.3 is 9.84 Å². The molecular weight excluding hydrogens is 270 g/mol. The average molecular weight is 289 g/mol. The van der Waals surface area contributed by atoms with Crippen molar-refractivity contribution in [3.05, 3.63) is 30.2 Å². The van der Waals surface area contributed by atoms with Crippen molar-refractivity contribution in [2.75, 3.05) is 12.3 Å². The Kier molecular flexibility index (Phi) is 3.81. The number of hydrogen-bond donors (Lipinski definition) is 1. The van der Waals surface area contributed by atoms with Gasteiger partial charge >= 0.3 is 0 Å². The minimum Gasteiger partial charge on any atom is -0.337 e. The first-order valence-electron chi connectivity index (χ1n) is 7.04. The molecule has 0 radical (unpaired) electrons. The van der Waals surface area contributed by atoms with E-state index < -0.39 is 0 Å². The van der Waals surface area contributed by atoms with Crippen LogP contribution >= 0.6 is 11.8 Å². The lowest BCUT2D eigenvalue weighted by Gasteiger charge is -2.18. The molecule has 2 heterocycles. The number of nitrogens with one attached hydrogen (secondary N) is 1. The second-order valence-corrected chi connectivity index (χ2v) is 6.58. The van der Waals surface area contributed by atoms with E-state index in [2.05, 4.69) is 53.6 Å². The Morgan fingerprint density at radius 2 is 2.15 bits per heavy atom. The van der Waals surface area contributed by atoms with E-state index in [0.29, 0.717) is 11.7 Å². The van der Waals surface area contributed by atoms with Crippen LogP contribution in [0.1, 0.15) is 32.6 Å². The predicted molar refractivity (Wildman–Crippen MR) is 80.7 cm³/mol. The summed E-state index contributed by atoms with van der Waals surface area (Å²) in [7, 11) is 0. The molecule has 1 fully saturated rings. The van der Waals surface area contributed by atoms with Gasteiger partial charge in [-0.25, -0.2) is 0 Å². The summed E-state index contributed by atoms with van der Waals surface area (Å²) in [5, 5.41) is 7.56. The van der Waals surface area contributed by atoms with Gasteiger partial charge in [0.25, 0.3) is 0 Å². The minimum atomic E-state index is -0.163. The molecule has 1 unspecified atom stereocenters. The molecule has 1 N–H and O–H groups in total. The van der Waals surface area contributed by atoms with Gasteiger partial charge in [0.1, 0.15) is 0 Å². The third-order valence-corrected chi connectivity index (χ3v) is 4.58. The van der Waals surface area contributed by atoms with Gasteiger partial charge in [0, 0.05) is 10.5 Å². The Morgan fingerprint density at radius 3 is 2.80 bits per heavy atom. The quantitative estimate of drug-likeness (QED) is 0.874. The summed E-state index contributed by atoms with van der Waals surface area (Å²) in [6, 6.07) is 8.32. The maximum absolute atomic E-state index is 5.45. The molecular formula is C15H19N3OS. The summed E-state index contributed by atoms with van der Waals surface area (Å²) in [5.41, 5.74) is 0.838. The lowest BCUT2D eigenvalue weighted by molar-refractivity contribution is 0.275. The van der Waals surface area contributed by atoms with Gasteiger partial charge in [-0.3, -0.25) is 0 Å². The molecule has 0 bridgehead atoms. The molecule has 20 heavy (non-hydrogen) atoms. The maximum atomic E-state index is 5.45. The second-order valence-electron chi connectivity index (χ2n) is 5.24. The van der Waals surface area contributed by atoms with Crippen LogP contribution in [-0.4, -0.2) is 22.4 Å². The molecule has 3 rings (SSSR count). The topological polar surface area (TPSA) is 51.0 Å².